The second-order valence-electron chi connectivity index (χ2n) is 4.74. The molecule has 0 saturated heterocycles. The molecular formula is C14H15NO2. The first-order valence-electron chi connectivity index (χ1n) is 6.16. The number of carbonyl (C=O) groups excluding carboxylic acids is 1. The zero-order chi connectivity index (χ0) is 11.8. The third kappa shape index (κ3) is 1.75. The van der Waals surface area contributed by atoms with Gasteiger partial charge in [-0.3, -0.25) is 4.79 Å². The van der Waals surface area contributed by atoms with Crippen molar-refractivity contribution in [3.8, 4) is 0 Å². The molecule has 88 valence electrons. The van der Waals surface area contributed by atoms with Crippen molar-refractivity contribution >= 4 is 16.9 Å². The summed E-state index contributed by atoms with van der Waals surface area (Å²) in [6.07, 6.45) is 4.82. The van der Waals surface area contributed by atoms with Gasteiger partial charge in [0.25, 0.3) is 0 Å². The average Bonchev–Trinajstić information content (AvgIpc) is 2.96. The van der Waals surface area contributed by atoms with Crippen molar-refractivity contribution in [2.75, 3.05) is 0 Å². The van der Waals surface area contributed by atoms with E-state index in [-0.39, 0.29) is 5.78 Å². The number of rotatable bonds is 2. The van der Waals surface area contributed by atoms with Crippen LogP contribution in [0.1, 0.15) is 54.8 Å². The maximum atomic E-state index is 11.5. The highest BCUT2D eigenvalue weighted by atomic mass is 16.3. The van der Waals surface area contributed by atoms with E-state index in [1.54, 1.807) is 13.0 Å². The van der Waals surface area contributed by atoms with Gasteiger partial charge in [0.15, 0.2) is 17.3 Å². The third-order valence-electron chi connectivity index (χ3n) is 3.52. The predicted molar refractivity (Wildman–Crippen MR) is 65.2 cm³/mol. The molecule has 1 heterocycles. The van der Waals surface area contributed by atoms with Gasteiger partial charge in [-0.1, -0.05) is 18.9 Å². The highest BCUT2D eigenvalue weighted by Gasteiger charge is 2.23. The second kappa shape index (κ2) is 3.99. The monoisotopic (exact) mass is 229 g/mol. The fourth-order valence-corrected chi connectivity index (χ4v) is 2.59. The number of nitrogens with zero attached hydrogens (tertiary/aromatic N) is 1. The van der Waals surface area contributed by atoms with Crippen LogP contribution in [0.15, 0.2) is 22.6 Å². The lowest BCUT2D eigenvalue weighted by Crippen LogP contribution is -1.91. The molecule has 17 heavy (non-hydrogen) atoms. The van der Waals surface area contributed by atoms with Gasteiger partial charge in [-0.2, -0.15) is 0 Å². The number of hydrogen-bond acceptors (Lipinski definition) is 3. The van der Waals surface area contributed by atoms with E-state index >= 15 is 0 Å². The number of Topliss-reactive ketones (excluding diaryl/α,β-unsaturated/α-hetero) is 1. The number of ketones is 1. The van der Waals surface area contributed by atoms with Crippen molar-refractivity contribution in [2.24, 2.45) is 0 Å². The first-order valence-corrected chi connectivity index (χ1v) is 6.16. The van der Waals surface area contributed by atoms with Crippen molar-refractivity contribution in [3.63, 3.8) is 0 Å². The summed E-state index contributed by atoms with van der Waals surface area (Å²) >= 11 is 0. The number of para-hydroxylation sites is 1. The lowest BCUT2D eigenvalue weighted by atomic mass is 10.1. The Morgan fingerprint density at radius 3 is 2.82 bits per heavy atom. The maximum Gasteiger partial charge on any atom is 0.198 e. The average molecular weight is 229 g/mol. The van der Waals surface area contributed by atoms with E-state index in [1.807, 2.05) is 12.1 Å². The van der Waals surface area contributed by atoms with E-state index in [0.717, 1.165) is 24.2 Å². The molecule has 0 amide bonds. The van der Waals surface area contributed by atoms with Crippen LogP contribution in [0.3, 0.4) is 0 Å². The Morgan fingerprint density at radius 2 is 2.12 bits per heavy atom. The first kappa shape index (κ1) is 10.5. The number of carbonyl (C=O) groups is 1. The molecule has 1 aromatic carbocycles. The number of fused-ring (bicyclic) bond motifs is 1. The van der Waals surface area contributed by atoms with Gasteiger partial charge in [-0.15, -0.1) is 0 Å². The summed E-state index contributed by atoms with van der Waals surface area (Å²) in [6.45, 7) is 1.56. The van der Waals surface area contributed by atoms with Gasteiger partial charge in [-0.05, 0) is 31.9 Å². The van der Waals surface area contributed by atoms with E-state index in [2.05, 4.69) is 4.98 Å². The number of benzene rings is 1. The molecule has 1 aliphatic rings. The largest absolute Gasteiger partial charge is 0.440 e. The van der Waals surface area contributed by atoms with Crippen LogP contribution in [-0.4, -0.2) is 10.8 Å². The van der Waals surface area contributed by atoms with Gasteiger partial charge >= 0.3 is 0 Å². The molecule has 0 atom stereocenters. The summed E-state index contributed by atoms with van der Waals surface area (Å²) in [5.41, 5.74) is 2.10. The highest BCUT2D eigenvalue weighted by molar-refractivity contribution is 6.04. The maximum absolute atomic E-state index is 11.5. The normalized spacial score (nSPS) is 16.8. The fourth-order valence-electron chi connectivity index (χ4n) is 2.59. The van der Waals surface area contributed by atoms with E-state index < -0.39 is 0 Å². The zero-order valence-electron chi connectivity index (χ0n) is 9.90. The Morgan fingerprint density at radius 1 is 1.35 bits per heavy atom. The van der Waals surface area contributed by atoms with Crippen molar-refractivity contribution in [1.82, 2.24) is 4.98 Å². The molecular weight excluding hydrogens is 214 g/mol. The van der Waals surface area contributed by atoms with Crippen LogP contribution in [-0.2, 0) is 0 Å². The minimum absolute atomic E-state index is 0.0321. The fraction of sp³-hybridized carbons (Fsp3) is 0.429. The van der Waals surface area contributed by atoms with Crippen LogP contribution in [0.4, 0.5) is 0 Å². The molecule has 0 spiro atoms. The molecule has 0 N–H and O–H groups in total. The molecule has 0 unspecified atom stereocenters. The molecule has 1 aromatic heterocycles. The molecule has 2 aromatic rings. The van der Waals surface area contributed by atoms with Crippen LogP contribution in [0.25, 0.3) is 11.1 Å². The molecule has 0 aliphatic heterocycles. The van der Waals surface area contributed by atoms with Crippen molar-refractivity contribution in [3.05, 3.63) is 29.7 Å². The Kier molecular flexibility index (Phi) is 2.46. The number of oxazole rings is 1. The number of aromatic nitrogens is 1. The predicted octanol–water partition coefficient (Wildman–Crippen LogP) is 3.69. The standard InChI is InChI=1S/C14H15NO2/c1-9(16)11-7-4-8-12-13(11)17-14(15-12)10-5-2-3-6-10/h4,7-8,10H,2-3,5-6H2,1H3. The Bertz CT molecular complexity index is 565. The molecule has 3 heteroatoms. The Balaban J connectivity index is 2.11. The zero-order valence-corrected chi connectivity index (χ0v) is 9.90. The lowest BCUT2D eigenvalue weighted by Gasteiger charge is -2.01. The highest BCUT2D eigenvalue weighted by Crippen LogP contribution is 2.35. The molecule has 0 bridgehead atoms. The van der Waals surface area contributed by atoms with E-state index in [9.17, 15) is 4.79 Å². The lowest BCUT2D eigenvalue weighted by molar-refractivity contribution is 0.101. The van der Waals surface area contributed by atoms with Gasteiger partial charge < -0.3 is 4.42 Å². The van der Waals surface area contributed by atoms with E-state index in [1.165, 1.54) is 12.8 Å². The second-order valence-corrected chi connectivity index (χ2v) is 4.74. The summed E-state index contributed by atoms with van der Waals surface area (Å²) < 4.78 is 5.81. The molecule has 1 saturated carbocycles. The SMILES string of the molecule is CC(=O)c1cccc2nc(C3CCCC3)oc12. The molecule has 3 rings (SSSR count). The Labute approximate surface area is 99.8 Å². The quantitative estimate of drug-likeness (QED) is 0.737. The van der Waals surface area contributed by atoms with Crippen LogP contribution in [0.2, 0.25) is 0 Å². The summed E-state index contributed by atoms with van der Waals surface area (Å²) in [7, 11) is 0. The van der Waals surface area contributed by atoms with Crippen LogP contribution < -0.4 is 0 Å². The van der Waals surface area contributed by atoms with Crippen LogP contribution in [0.5, 0.6) is 0 Å². The topological polar surface area (TPSA) is 43.1 Å². The van der Waals surface area contributed by atoms with Gasteiger partial charge in [0.1, 0.15) is 5.52 Å². The van der Waals surface area contributed by atoms with Crippen LogP contribution >= 0.6 is 0 Å². The summed E-state index contributed by atoms with van der Waals surface area (Å²) in [6, 6.07) is 5.57. The van der Waals surface area contributed by atoms with Crippen molar-refractivity contribution < 1.29 is 9.21 Å². The van der Waals surface area contributed by atoms with E-state index in [4.69, 9.17) is 4.42 Å². The van der Waals surface area contributed by atoms with Crippen LogP contribution in [0, 0.1) is 0 Å². The molecule has 1 aliphatic carbocycles. The Hall–Kier alpha value is -1.64. The number of hydrogen-bond donors (Lipinski definition) is 0. The molecule has 3 nitrogen and oxygen atoms in total. The van der Waals surface area contributed by atoms with Gasteiger partial charge in [0.2, 0.25) is 0 Å². The van der Waals surface area contributed by atoms with E-state index in [0.29, 0.717) is 17.1 Å². The summed E-state index contributed by atoms with van der Waals surface area (Å²) in [5.74, 6) is 1.29. The molecule has 1 fully saturated rings. The minimum Gasteiger partial charge on any atom is -0.440 e. The third-order valence-corrected chi connectivity index (χ3v) is 3.52. The van der Waals surface area contributed by atoms with Gasteiger partial charge in [0, 0.05) is 5.92 Å². The minimum atomic E-state index is 0.0321. The van der Waals surface area contributed by atoms with Crippen molar-refractivity contribution in [1.29, 1.82) is 0 Å². The smallest absolute Gasteiger partial charge is 0.198 e. The summed E-state index contributed by atoms with van der Waals surface area (Å²) in [4.78, 5) is 16.0. The van der Waals surface area contributed by atoms with Gasteiger partial charge in [-0.25, -0.2) is 4.98 Å². The van der Waals surface area contributed by atoms with Crippen molar-refractivity contribution in [2.45, 2.75) is 38.5 Å². The molecule has 0 radical (unpaired) electrons. The van der Waals surface area contributed by atoms with Gasteiger partial charge in [0.05, 0.1) is 5.56 Å². The first-order chi connectivity index (χ1) is 8.25. The summed E-state index contributed by atoms with van der Waals surface area (Å²) in [5, 5.41) is 0.